The van der Waals surface area contributed by atoms with Crippen LogP contribution in [-0.4, -0.2) is 21.9 Å². The van der Waals surface area contributed by atoms with E-state index in [0.29, 0.717) is 5.56 Å². The Morgan fingerprint density at radius 1 is 1.16 bits per heavy atom. The summed E-state index contributed by atoms with van der Waals surface area (Å²) in [5.41, 5.74) is 0.484. The number of carboxylic acid groups (broad SMARTS) is 1. The van der Waals surface area contributed by atoms with E-state index in [1.807, 2.05) is 0 Å². The summed E-state index contributed by atoms with van der Waals surface area (Å²) in [4.78, 5) is 33.4. The van der Waals surface area contributed by atoms with Crippen LogP contribution in [0.5, 0.6) is 0 Å². The smallest absolute Gasteiger partial charge is 0.272 e. The van der Waals surface area contributed by atoms with Gasteiger partial charge < -0.3 is 15.2 Å². The van der Waals surface area contributed by atoms with Crippen LogP contribution >= 0.6 is 12.2 Å². The van der Waals surface area contributed by atoms with Crippen molar-refractivity contribution in [3.63, 3.8) is 0 Å². The van der Waals surface area contributed by atoms with E-state index < -0.39 is 16.8 Å². The Hall–Kier alpha value is -3.33. The van der Waals surface area contributed by atoms with Crippen LogP contribution in [-0.2, 0) is 0 Å². The average Bonchev–Trinajstić information content (AvgIpc) is 2.54. The number of rotatable bonds is 4. The van der Waals surface area contributed by atoms with Gasteiger partial charge in [0.05, 0.1) is 10.9 Å². The van der Waals surface area contributed by atoms with Crippen molar-refractivity contribution in [2.45, 2.75) is 6.92 Å². The Balaban J connectivity index is 2.11. The van der Waals surface area contributed by atoms with Crippen molar-refractivity contribution < 1.29 is 19.6 Å². The third-order valence-electron chi connectivity index (χ3n) is 3.28. The van der Waals surface area contributed by atoms with Crippen LogP contribution in [0, 0.1) is 17.0 Å². The summed E-state index contributed by atoms with van der Waals surface area (Å²) in [5.74, 6) is -1.97. The molecule has 0 aliphatic carbocycles. The molecule has 9 heteroatoms. The molecule has 25 heavy (non-hydrogen) atoms. The number of benzene rings is 2. The van der Waals surface area contributed by atoms with E-state index in [1.54, 1.807) is 6.07 Å². The lowest BCUT2D eigenvalue weighted by atomic mass is 10.1. The fraction of sp³-hybridized carbons (Fsp3) is 0.0625. The first-order chi connectivity index (χ1) is 11.8. The summed E-state index contributed by atoms with van der Waals surface area (Å²) in [5, 5.41) is 26.7. The van der Waals surface area contributed by atoms with Gasteiger partial charge in [-0.2, -0.15) is 0 Å². The zero-order chi connectivity index (χ0) is 18.6. The Kier molecular flexibility index (Phi) is 5.40. The van der Waals surface area contributed by atoms with Crippen LogP contribution in [0.25, 0.3) is 0 Å². The molecule has 2 aromatic carbocycles. The average molecular weight is 358 g/mol. The lowest BCUT2D eigenvalue weighted by Crippen LogP contribution is -2.35. The first kappa shape index (κ1) is 18.0. The highest BCUT2D eigenvalue weighted by Gasteiger charge is 2.15. The third kappa shape index (κ3) is 4.36. The van der Waals surface area contributed by atoms with E-state index in [0.717, 1.165) is 0 Å². The van der Waals surface area contributed by atoms with Crippen molar-refractivity contribution in [2.24, 2.45) is 0 Å². The van der Waals surface area contributed by atoms with Gasteiger partial charge in [0, 0.05) is 28.4 Å². The molecule has 0 spiro atoms. The van der Waals surface area contributed by atoms with Gasteiger partial charge in [0.25, 0.3) is 11.6 Å². The van der Waals surface area contributed by atoms with Crippen molar-refractivity contribution in [1.82, 2.24) is 5.32 Å². The number of thiocarbonyl (C=S) groups is 1. The van der Waals surface area contributed by atoms with E-state index in [9.17, 15) is 24.8 Å². The van der Waals surface area contributed by atoms with E-state index in [1.165, 1.54) is 43.3 Å². The van der Waals surface area contributed by atoms with Crippen molar-refractivity contribution in [3.05, 3.63) is 69.3 Å². The molecular formula is C16H12N3O5S-. The van der Waals surface area contributed by atoms with Gasteiger partial charge in [-0.25, -0.2) is 0 Å². The predicted molar refractivity (Wildman–Crippen MR) is 92.3 cm³/mol. The zero-order valence-electron chi connectivity index (χ0n) is 12.9. The zero-order valence-corrected chi connectivity index (χ0v) is 13.8. The number of hydrogen-bond acceptors (Lipinski definition) is 6. The molecule has 0 unspecified atom stereocenters. The van der Waals surface area contributed by atoms with Crippen LogP contribution in [0.4, 0.5) is 11.4 Å². The molecule has 0 saturated heterocycles. The molecule has 0 aliphatic heterocycles. The Morgan fingerprint density at radius 3 is 2.44 bits per heavy atom. The van der Waals surface area contributed by atoms with Crippen LogP contribution in [0.1, 0.15) is 26.3 Å². The molecular weight excluding hydrogens is 346 g/mol. The maximum absolute atomic E-state index is 12.2. The van der Waals surface area contributed by atoms with Crippen molar-refractivity contribution in [1.29, 1.82) is 0 Å². The number of aromatic carboxylic acids is 1. The van der Waals surface area contributed by atoms with Gasteiger partial charge in [-0.3, -0.25) is 20.2 Å². The van der Waals surface area contributed by atoms with E-state index in [2.05, 4.69) is 10.6 Å². The van der Waals surface area contributed by atoms with Crippen molar-refractivity contribution in [2.75, 3.05) is 5.32 Å². The number of amides is 1. The number of nitrogens with one attached hydrogen (secondary N) is 2. The lowest BCUT2D eigenvalue weighted by molar-refractivity contribution is -0.385. The Labute approximate surface area is 147 Å². The fourth-order valence-corrected chi connectivity index (χ4v) is 2.30. The number of para-hydroxylation sites is 1. The molecule has 0 radical (unpaired) electrons. The van der Waals surface area contributed by atoms with Gasteiger partial charge in [0.2, 0.25) is 0 Å². The molecule has 0 saturated carbocycles. The molecule has 2 aromatic rings. The Morgan fingerprint density at radius 2 is 1.84 bits per heavy atom. The summed E-state index contributed by atoms with van der Waals surface area (Å²) in [6.07, 6.45) is 0. The summed E-state index contributed by atoms with van der Waals surface area (Å²) in [7, 11) is 0. The summed E-state index contributed by atoms with van der Waals surface area (Å²) < 4.78 is 0. The van der Waals surface area contributed by atoms with Crippen molar-refractivity contribution >= 4 is 40.6 Å². The minimum atomic E-state index is -1.39. The maximum Gasteiger partial charge on any atom is 0.272 e. The quantitative estimate of drug-likeness (QED) is 0.481. The number of hydrogen-bond donors (Lipinski definition) is 2. The number of nitro groups is 1. The summed E-state index contributed by atoms with van der Waals surface area (Å²) >= 11 is 4.99. The van der Waals surface area contributed by atoms with E-state index in [4.69, 9.17) is 12.2 Å². The molecule has 128 valence electrons. The standard InChI is InChI=1S/C16H13N3O5S/c1-9-8-10(6-7-13(9)19(23)24)14(20)18-16(25)17-12-5-3-2-4-11(12)15(21)22/h2-8H,1H3,(H,21,22)(H2,17,18,20,25)/p-1. The van der Waals surface area contributed by atoms with Gasteiger partial charge in [-0.1, -0.05) is 18.2 Å². The fourth-order valence-electron chi connectivity index (χ4n) is 2.10. The molecule has 2 rings (SSSR count). The second kappa shape index (κ2) is 7.49. The highest BCUT2D eigenvalue weighted by Crippen LogP contribution is 2.19. The third-order valence-corrected chi connectivity index (χ3v) is 3.48. The lowest BCUT2D eigenvalue weighted by Gasteiger charge is -2.14. The van der Waals surface area contributed by atoms with Gasteiger partial charge in [0.1, 0.15) is 0 Å². The summed E-state index contributed by atoms with van der Waals surface area (Å²) in [6, 6.07) is 9.83. The number of nitrogens with zero attached hydrogens (tertiary/aromatic N) is 1. The Bertz CT molecular complexity index is 882. The number of anilines is 1. The van der Waals surface area contributed by atoms with Crippen LogP contribution in [0.3, 0.4) is 0 Å². The molecule has 2 N–H and O–H groups in total. The summed E-state index contributed by atoms with van der Waals surface area (Å²) in [6.45, 7) is 1.52. The SMILES string of the molecule is Cc1cc(C(=O)NC(=S)Nc2ccccc2C(=O)[O-])ccc1[N+](=O)[O-]. The van der Waals surface area contributed by atoms with E-state index >= 15 is 0 Å². The van der Waals surface area contributed by atoms with Gasteiger partial charge in [-0.15, -0.1) is 0 Å². The number of carbonyl (C=O) groups excluding carboxylic acids is 2. The second-order valence-electron chi connectivity index (χ2n) is 5.00. The van der Waals surface area contributed by atoms with Crippen LogP contribution in [0.2, 0.25) is 0 Å². The van der Waals surface area contributed by atoms with Crippen LogP contribution in [0.15, 0.2) is 42.5 Å². The normalized spacial score (nSPS) is 9.96. The molecule has 8 nitrogen and oxygen atoms in total. The maximum atomic E-state index is 12.2. The first-order valence-corrected chi connectivity index (χ1v) is 7.38. The predicted octanol–water partition coefficient (Wildman–Crippen LogP) is 1.39. The van der Waals surface area contributed by atoms with Gasteiger partial charge in [-0.05, 0) is 37.3 Å². The monoisotopic (exact) mass is 358 g/mol. The minimum Gasteiger partial charge on any atom is -0.545 e. The number of nitro benzene ring substituents is 1. The van der Waals surface area contributed by atoms with Crippen molar-refractivity contribution in [3.8, 4) is 0 Å². The largest absolute Gasteiger partial charge is 0.545 e. The number of carboxylic acids is 1. The van der Waals surface area contributed by atoms with E-state index in [-0.39, 0.29) is 27.6 Å². The van der Waals surface area contributed by atoms with Gasteiger partial charge in [0.15, 0.2) is 5.11 Å². The minimum absolute atomic E-state index is 0.0971. The van der Waals surface area contributed by atoms with Crippen LogP contribution < -0.4 is 15.7 Å². The molecule has 0 aliphatic rings. The highest BCUT2D eigenvalue weighted by molar-refractivity contribution is 7.80. The number of carbonyl (C=O) groups is 2. The second-order valence-corrected chi connectivity index (χ2v) is 5.41. The molecule has 0 heterocycles. The first-order valence-electron chi connectivity index (χ1n) is 6.97. The van der Waals surface area contributed by atoms with Gasteiger partial charge >= 0.3 is 0 Å². The molecule has 0 fully saturated rings. The molecule has 0 bridgehead atoms. The number of aryl methyl sites for hydroxylation is 1. The molecule has 1 amide bonds. The molecule has 0 aromatic heterocycles. The topological polar surface area (TPSA) is 124 Å². The molecule has 0 atom stereocenters. The highest BCUT2D eigenvalue weighted by atomic mass is 32.1.